The zero-order valence-corrected chi connectivity index (χ0v) is 13.4. The first-order chi connectivity index (χ1) is 11.6. The number of rotatable bonds is 2. The number of aromatic nitrogens is 1. The number of nitrogens with one attached hydrogen (secondary N) is 1. The van der Waals surface area contributed by atoms with E-state index < -0.39 is 11.9 Å². The summed E-state index contributed by atoms with van der Waals surface area (Å²) in [5.41, 5.74) is 4.25. The van der Waals surface area contributed by atoms with E-state index in [2.05, 4.69) is 10.3 Å². The maximum atomic E-state index is 12.5. The summed E-state index contributed by atoms with van der Waals surface area (Å²) in [6, 6.07) is 12.4. The fourth-order valence-corrected chi connectivity index (χ4v) is 3.41. The smallest absolute Gasteiger partial charge is 0.352 e. The van der Waals surface area contributed by atoms with Crippen molar-refractivity contribution in [1.29, 1.82) is 0 Å². The molecule has 1 radical (unpaired) electrons. The number of anilines is 1. The molecule has 0 unspecified atom stereocenters. The van der Waals surface area contributed by atoms with Gasteiger partial charge in [-0.2, -0.15) is 5.32 Å². The molecule has 0 aliphatic carbocycles. The summed E-state index contributed by atoms with van der Waals surface area (Å²) in [6.07, 6.45) is 1.93. The fraction of sp³-hybridized carbons (Fsp3) is 0.158. The van der Waals surface area contributed by atoms with Crippen molar-refractivity contribution < 1.29 is 9.59 Å². The number of fused-ring (bicyclic) bond motifs is 2. The number of imide groups is 1. The highest BCUT2D eigenvalue weighted by atomic mass is 16.2. The van der Waals surface area contributed by atoms with Crippen LogP contribution in [0.2, 0.25) is 0 Å². The molecule has 0 fully saturated rings. The highest BCUT2D eigenvalue weighted by molar-refractivity contribution is 6.17. The minimum Gasteiger partial charge on any atom is -0.361 e. The van der Waals surface area contributed by atoms with Crippen LogP contribution in [-0.2, 0) is 0 Å². The molecule has 0 saturated heterocycles. The number of hydrogen-bond donors (Lipinski definition) is 1. The van der Waals surface area contributed by atoms with E-state index in [4.69, 9.17) is 0 Å². The summed E-state index contributed by atoms with van der Waals surface area (Å²) in [4.78, 5) is 29.3. The Labute approximate surface area is 139 Å². The summed E-state index contributed by atoms with van der Waals surface area (Å²) in [6.45, 7) is 4.00. The zero-order valence-electron chi connectivity index (χ0n) is 13.4. The largest absolute Gasteiger partial charge is 0.361 e. The van der Waals surface area contributed by atoms with E-state index in [9.17, 15) is 9.59 Å². The van der Waals surface area contributed by atoms with Crippen molar-refractivity contribution in [3.05, 3.63) is 65.4 Å². The number of carbonyl (C=O) groups excluding carboxylic acids is 2. The average Bonchev–Trinajstić information content (AvgIpc) is 3.00. The van der Waals surface area contributed by atoms with Crippen molar-refractivity contribution in [3.63, 3.8) is 0 Å². The molecule has 2 aromatic carbocycles. The van der Waals surface area contributed by atoms with Gasteiger partial charge in [-0.3, -0.25) is 9.69 Å². The first-order valence-corrected chi connectivity index (χ1v) is 7.83. The van der Waals surface area contributed by atoms with Gasteiger partial charge in [-0.15, -0.1) is 0 Å². The molecule has 0 saturated carbocycles. The Morgan fingerprint density at radius 3 is 2.71 bits per heavy atom. The van der Waals surface area contributed by atoms with E-state index in [0.29, 0.717) is 11.3 Å². The number of aryl methyl sites for hydroxylation is 1. The van der Waals surface area contributed by atoms with E-state index in [1.165, 1.54) is 0 Å². The molecule has 0 bridgehead atoms. The van der Waals surface area contributed by atoms with Crippen LogP contribution < -0.4 is 10.2 Å². The molecule has 1 aliphatic heterocycles. The Morgan fingerprint density at radius 2 is 1.88 bits per heavy atom. The molecule has 24 heavy (non-hydrogen) atoms. The molecular formula is C19H16N3O2. The molecule has 1 aromatic heterocycles. The normalized spacial score (nSPS) is 15.3. The van der Waals surface area contributed by atoms with Crippen LogP contribution in [0.5, 0.6) is 0 Å². The van der Waals surface area contributed by atoms with Gasteiger partial charge in [0.1, 0.15) is 0 Å². The highest BCUT2D eigenvalue weighted by Crippen LogP contribution is 2.36. The quantitative estimate of drug-likeness (QED) is 0.778. The lowest BCUT2D eigenvalue weighted by atomic mass is 10.00. The maximum absolute atomic E-state index is 12.5. The van der Waals surface area contributed by atoms with Crippen LogP contribution in [0.25, 0.3) is 10.9 Å². The summed E-state index contributed by atoms with van der Waals surface area (Å²) < 4.78 is 0. The van der Waals surface area contributed by atoms with Gasteiger partial charge in [0.25, 0.3) is 5.91 Å². The van der Waals surface area contributed by atoms with Gasteiger partial charge in [0, 0.05) is 22.7 Å². The highest BCUT2D eigenvalue weighted by Gasteiger charge is 2.35. The van der Waals surface area contributed by atoms with Crippen LogP contribution in [0.4, 0.5) is 10.5 Å². The van der Waals surface area contributed by atoms with E-state index in [1.54, 1.807) is 23.1 Å². The van der Waals surface area contributed by atoms with Gasteiger partial charge >= 0.3 is 6.03 Å². The zero-order chi connectivity index (χ0) is 16.8. The number of urea groups is 1. The van der Waals surface area contributed by atoms with E-state index in [-0.39, 0.29) is 6.04 Å². The number of benzene rings is 2. The molecule has 1 N–H and O–H groups in total. The molecule has 0 spiro atoms. The lowest BCUT2D eigenvalue weighted by Crippen LogP contribution is -2.45. The lowest BCUT2D eigenvalue weighted by Gasteiger charge is -2.32. The summed E-state index contributed by atoms with van der Waals surface area (Å²) >= 11 is 0. The van der Waals surface area contributed by atoms with Crippen LogP contribution in [-0.4, -0.2) is 16.9 Å². The van der Waals surface area contributed by atoms with E-state index in [1.807, 2.05) is 44.3 Å². The van der Waals surface area contributed by atoms with Gasteiger partial charge in [-0.25, -0.2) is 4.79 Å². The third-order valence-corrected chi connectivity index (χ3v) is 4.58. The second-order valence-corrected chi connectivity index (χ2v) is 6.00. The second-order valence-electron chi connectivity index (χ2n) is 6.00. The van der Waals surface area contributed by atoms with Crippen molar-refractivity contribution >= 4 is 28.5 Å². The van der Waals surface area contributed by atoms with Gasteiger partial charge in [0.15, 0.2) is 0 Å². The van der Waals surface area contributed by atoms with Gasteiger partial charge in [-0.05, 0) is 37.6 Å². The molecule has 3 aromatic rings. The average molecular weight is 318 g/mol. The van der Waals surface area contributed by atoms with Crippen LogP contribution in [0.1, 0.15) is 34.5 Å². The molecule has 1 atom stereocenters. The van der Waals surface area contributed by atoms with Crippen LogP contribution >= 0.6 is 0 Å². The summed E-state index contributed by atoms with van der Waals surface area (Å²) in [5.74, 6) is -0.478. The van der Waals surface area contributed by atoms with Crippen LogP contribution in [0, 0.1) is 6.92 Å². The number of para-hydroxylation sites is 1. The standard InChI is InChI=1S/C19H16N3O2/c1-11-6-5-8-15-17(11)14(10-20-15)12(2)22-16-9-4-3-7-13(16)18(23)21-19(22)24/h3-10,12,20H,1-2H3/t12-/m1/s1. The predicted octanol–water partition coefficient (Wildman–Crippen LogP) is 3.92. The first-order valence-electron chi connectivity index (χ1n) is 7.83. The number of aromatic amines is 1. The number of carbonyl (C=O) groups is 2. The molecule has 5 heteroatoms. The molecule has 1 aliphatic rings. The number of hydrogen-bond acceptors (Lipinski definition) is 2. The van der Waals surface area contributed by atoms with E-state index >= 15 is 0 Å². The van der Waals surface area contributed by atoms with E-state index in [0.717, 1.165) is 22.0 Å². The van der Waals surface area contributed by atoms with Gasteiger partial charge in [-0.1, -0.05) is 24.3 Å². The van der Waals surface area contributed by atoms with Crippen molar-refractivity contribution in [2.75, 3.05) is 4.90 Å². The monoisotopic (exact) mass is 318 g/mol. The Hall–Kier alpha value is -3.08. The Kier molecular flexibility index (Phi) is 3.16. The van der Waals surface area contributed by atoms with Gasteiger partial charge in [0.2, 0.25) is 0 Å². The maximum Gasteiger partial charge on any atom is 0.352 e. The number of H-pyrrole nitrogens is 1. The molecule has 5 nitrogen and oxygen atoms in total. The number of nitrogens with zero attached hydrogens (tertiary/aromatic N) is 2. The Bertz CT molecular complexity index is 974. The lowest BCUT2D eigenvalue weighted by molar-refractivity contribution is 0.0956. The van der Waals surface area contributed by atoms with Crippen molar-refractivity contribution in [3.8, 4) is 0 Å². The summed E-state index contributed by atoms with van der Waals surface area (Å²) in [5, 5.41) is 4.78. The molecule has 4 rings (SSSR count). The van der Waals surface area contributed by atoms with Crippen LogP contribution in [0.15, 0.2) is 48.7 Å². The SMILES string of the molecule is Cc1cccc2[nH]cc([C@@H](C)N3C(=O)[N]C(=O)c4ccccc43)c12. The molecule has 3 amide bonds. The second kappa shape index (κ2) is 5.23. The van der Waals surface area contributed by atoms with Crippen molar-refractivity contribution in [2.24, 2.45) is 0 Å². The number of amides is 3. The van der Waals surface area contributed by atoms with Gasteiger partial charge in [0.05, 0.1) is 17.3 Å². The molecular weight excluding hydrogens is 302 g/mol. The Balaban J connectivity index is 1.87. The minimum atomic E-state index is -0.519. The first kappa shape index (κ1) is 14.5. The molecule has 2 heterocycles. The summed E-state index contributed by atoms with van der Waals surface area (Å²) in [7, 11) is 0. The molecule has 119 valence electrons. The topological polar surface area (TPSA) is 67.3 Å². The third-order valence-electron chi connectivity index (χ3n) is 4.58. The van der Waals surface area contributed by atoms with Crippen LogP contribution in [0.3, 0.4) is 0 Å². The van der Waals surface area contributed by atoms with Crippen molar-refractivity contribution in [1.82, 2.24) is 10.3 Å². The minimum absolute atomic E-state index is 0.245. The third kappa shape index (κ3) is 2.01. The fourth-order valence-electron chi connectivity index (χ4n) is 3.41. The van der Waals surface area contributed by atoms with Crippen molar-refractivity contribution in [2.45, 2.75) is 19.9 Å². The van der Waals surface area contributed by atoms with Gasteiger partial charge < -0.3 is 4.98 Å². The Morgan fingerprint density at radius 1 is 1.08 bits per heavy atom. The predicted molar refractivity (Wildman–Crippen MR) is 92.2 cm³/mol.